The molecular weight excluding hydrogens is 327 g/mol. The van der Waals surface area contributed by atoms with Crippen molar-refractivity contribution in [3.8, 4) is 0 Å². The van der Waals surface area contributed by atoms with Gasteiger partial charge in [-0.15, -0.1) is 0 Å². The summed E-state index contributed by atoms with van der Waals surface area (Å²) in [5.41, 5.74) is 0.366. The van der Waals surface area contributed by atoms with Crippen molar-refractivity contribution in [3.05, 3.63) is 35.6 Å². The third-order valence-corrected chi connectivity index (χ3v) is 5.05. The molecule has 0 aliphatic carbocycles. The molecule has 26 heavy (non-hydrogen) atoms. The van der Waals surface area contributed by atoms with Crippen molar-refractivity contribution in [1.82, 2.24) is 15.5 Å². The van der Waals surface area contributed by atoms with Crippen molar-refractivity contribution in [3.63, 3.8) is 0 Å². The fraction of sp³-hybridized carbons (Fsp3) is 0.667. The molecule has 1 aromatic carbocycles. The van der Waals surface area contributed by atoms with Gasteiger partial charge in [-0.05, 0) is 44.4 Å². The Morgan fingerprint density at radius 3 is 2.54 bits per heavy atom. The van der Waals surface area contributed by atoms with Crippen LogP contribution in [0.1, 0.15) is 52.5 Å². The second-order valence-corrected chi connectivity index (χ2v) is 7.82. The molecule has 1 fully saturated rings. The van der Waals surface area contributed by atoms with Crippen molar-refractivity contribution in [2.24, 2.45) is 4.99 Å². The van der Waals surface area contributed by atoms with E-state index >= 15 is 0 Å². The van der Waals surface area contributed by atoms with E-state index in [1.54, 1.807) is 6.07 Å². The van der Waals surface area contributed by atoms with Gasteiger partial charge in [0.1, 0.15) is 5.82 Å². The highest BCUT2D eigenvalue weighted by Crippen LogP contribution is 2.26. The molecule has 5 heteroatoms. The molecule has 1 heterocycles. The Hall–Kier alpha value is -1.62. The molecular formula is C21H35FN4. The van der Waals surface area contributed by atoms with Crippen LogP contribution < -0.4 is 10.6 Å². The number of hydrogen-bond acceptors (Lipinski definition) is 2. The van der Waals surface area contributed by atoms with Gasteiger partial charge in [0, 0.05) is 31.1 Å². The van der Waals surface area contributed by atoms with Crippen LogP contribution in [-0.2, 0) is 5.41 Å². The molecule has 1 saturated heterocycles. The first-order valence-electron chi connectivity index (χ1n) is 9.98. The van der Waals surface area contributed by atoms with Gasteiger partial charge in [0.25, 0.3) is 0 Å². The molecule has 0 amide bonds. The number of benzene rings is 1. The summed E-state index contributed by atoms with van der Waals surface area (Å²) in [4.78, 5) is 7.30. The number of rotatable bonds is 7. The van der Waals surface area contributed by atoms with Crippen LogP contribution >= 0.6 is 0 Å². The van der Waals surface area contributed by atoms with E-state index in [0.717, 1.165) is 38.4 Å². The molecule has 0 bridgehead atoms. The number of aliphatic imine (C=N–C) groups is 1. The maximum Gasteiger partial charge on any atom is 0.191 e. The Kier molecular flexibility index (Phi) is 7.88. The van der Waals surface area contributed by atoms with Gasteiger partial charge in [-0.1, -0.05) is 39.0 Å². The molecule has 1 aromatic rings. The average molecular weight is 363 g/mol. The summed E-state index contributed by atoms with van der Waals surface area (Å²) in [5, 5.41) is 6.91. The van der Waals surface area contributed by atoms with Crippen molar-refractivity contribution < 1.29 is 4.39 Å². The predicted molar refractivity (Wildman–Crippen MR) is 108 cm³/mol. The zero-order valence-corrected chi connectivity index (χ0v) is 16.8. The first-order chi connectivity index (χ1) is 12.5. The molecule has 1 aliphatic rings. The number of guanidine groups is 1. The number of nitrogens with zero attached hydrogens (tertiary/aromatic N) is 2. The Bertz CT molecular complexity index is 577. The zero-order valence-electron chi connectivity index (χ0n) is 16.8. The maximum absolute atomic E-state index is 14.1. The van der Waals surface area contributed by atoms with E-state index in [1.807, 2.05) is 26.0 Å². The molecule has 2 rings (SSSR count). The van der Waals surface area contributed by atoms with Gasteiger partial charge >= 0.3 is 0 Å². The van der Waals surface area contributed by atoms with Crippen LogP contribution in [0.5, 0.6) is 0 Å². The first kappa shape index (κ1) is 20.7. The molecule has 0 aromatic heterocycles. The van der Waals surface area contributed by atoms with Gasteiger partial charge in [0.2, 0.25) is 0 Å². The minimum absolute atomic E-state index is 0.158. The van der Waals surface area contributed by atoms with Gasteiger partial charge in [-0.3, -0.25) is 4.99 Å². The molecule has 1 aliphatic heterocycles. The van der Waals surface area contributed by atoms with E-state index in [1.165, 1.54) is 19.0 Å². The van der Waals surface area contributed by atoms with Gasteiger partial charge < -0.3 is 15.5 Å². The monoisotopic (exact) mass is 362 g/mol. The molecule has 0 spiro atoms. The summed E-state index contributed by atoms with van der Waals surface area (Å²) < 4.78 is 14.1. The van der Waals surface area contributed by atoms with E-state index in [9.17, 15) is 4.39 Å². The van der Waals surface area contributed by atoms with Crippen LogP contribution in [0.25, 0.3) is 0 Å². The summed E-state index contributed by atoms with van der Waals surface area (Å²) in [6.07, 6.45) is 3.50. The summed E-state index contributed by atoms with van der Waals surface area (Å²) in [5.74, 6) is 0.680. The third kappa shape index (κ3) is 5.97. The second kappa shape index (κ2) is 9.91. The van der Waals surface area contributed by atoms with E-state index in [4.69, 9.17) is 4.99 Å². The lowest BCUT2D eigenvalue weighted by Gasteiger charge is -2.33. The van der Waals surface area contributed by atoms with Crippen LogP contribution in [0.3, 0.4) is 0 Å². The van der Waals surface area contributed by atoms with Gasteiger partial charge in [-0.2, -0.15) is 0 Å². The van der Waals surface area contributed by atoms with Gasteiger partial charge in [0.05, 0.1) is 6.54 Å². The topological polar surface area (TPSA) is 39.7 Å². The molecule has 0 radical (unpaired) electrons. The van der Waals surface area contributed by atoms with E-state index in [-0.39, 0.29) is 11.2 Å². The smallest absolute Gasteiger partial charge is 0.191 e. The van der Waals surface area contributed by atoms with Crippen LogP contribution in [0.15, 0.2) is 29.3 Å². The summed E-state index contributed by atoms with van der Waals surface area (Å²) in [6.45, 7) is 13.2. The minimum atomic E-state index is -0.349. The predicted octanol–water partition coefficient (Wildman–Crippen LogP) is 3.53. The van der Waals surface area contributed by atoms with Crippen LogP contribution in [-0.4, -0.2) is 49.6 Å². The van der Waals surface area contributed by atoms with E-state index in [2.05, 4.69) is 29.4 Å². The summed E-state index contributed by atoms with van der Waals surface area (Å²) in [6, 6.07) is 7.45. The quantitative estimate of drug-likeness (QED) is 0.576. The number of halogens is 1. The second-order valence-electron chi connectivity index (χ2n) is 7.82. The Morgan fingerprint density at radius 1 is 1.23 bits per heavy atom. The molecule has 0 atom stereocenters. The number of piperidine rings is 1. The van der Waals surface area contributed by atoms with Crippen LogP contribution in [0.4, 0.5) is 4.39 Å². The Labute approximate surface area is 158 Å². The average Bonchev–Trinajstić information content (AvgIpc) is 2.62. The highest BCUT2D eigenvalue weighted by atomic mass is 19.1. The SMILES string of the molecule is CCCN1CCC(NC(=NCC(C)(C)c2ccccc2F)NCC)CC1. The molecule has 146 valence electrons. The molecule has 0 saturated carbocycles. The van der Waals surface area contributed by atoms with Gasteiger partial charge in [-0.25, -0.2) is 4.39 Å². The first-order valence-corrected chi connectivity index (χ1v) is 9.98. The van der Waals surface area contributed by atoms with Crippen LogP contribution in [0, 0.1) is 5.82 Å². The normalized spacial score (nSPS) is 17.3. The lowest BCUT2D eigenvalue weighted by Crippen LogP contribution is -2.49. The zero-order chi connectivity index (χ0) is 19.0. The fourth-order valence-electron chi connectivity index (χ4n) is 3.50. The van der Waals surface area contributed by atoms with Crippen molar-refractivity contribution in [2.45, 2.75) is 58.4 Å². The van der Waals surface area contributed by atoms with E-state index < -0.39 is 0 Å². The maximum atomic E-state index is 14.1. The molecule has 4 nitrogen and oxygen atoms in total. The highest BCUT2D eigenvalue weighted by molar-refractivity contribution is 5.80. The molecule has 0 unspecified atom stereocenters. The standard InChI is InChI=1S/C21H35FN4/c1-5-13-26-14-11-17(12-15-26)25-20(23-6-2)24-16-21(3,4)18-9-7-8-10-19(18)22/h7-10,17H,5-6,11-16H2,1-4H3,(H2,23,24,25). The lowest BCUT2D eigenvalue weighted by atomic mass is 9.84. The number of hydrogen-bond donors (Lipinski definition) is 2. The molecule has 2 N–H and O–H groups in total. The lowest BCUT2D eigenvalue weighted by molar-refractivity contribution is 0.206. The largest absolute Gasteiger partial charge is 0.357 e. The van der Waals surface area contributed by atoms with Crippen molar-refractivity contribution in [2.75, 3.05) is 32.7 Å². The number of nitrogens with one attached hydrogen (secondary N) is 2. The van der Waals surface area contributed by atoms with E-state index in [0.29, 0.717) is 18.2 Å². The minimum Gasteiger partial charge on any atom is -0.357 e. The third-order valence-electron chi connectivity index (χ3n) is 5.05. The Balaban J connectivity index is 1.97. The summed E-state index contributed by atoms with van der Waals surface area (Å²) >= 11 is 0. The number of likely N-dealkylation sites (tertiary alicyclic amines) is 1. The van der Waals surface area contributed by atoms with Crippen molar-refractivity contribution in [1.29, 1.82) is 0 Å². The highest BCUT2D eigenvalue weighted by Gasteiger charge is 2.24. The van der Waals surface area contributed by atoms with Crippen molar-refractivity contribution >= 4 is 5.96 Å². The summed E-state index contributed by atoms with van der Waals surface area (Å²) in [7, 11) is 0. The van der Waals surface area contributed by atoms with Gasteiger partial charge in [0.15, 0.2) is 5.96 Å². The Morgan fingerprint density at radius 2 is 1.92 bits per heavy atom. The fourth-order valence-corrected chi connectivity index (χ4v) is 3.50. The van der Waals surface area contributed by atoms with Crippen LogP contribution in [0.2, 0.25) is 0 Å².